The Balaban J connectivity index is 0.00000225. The quantitative estimate of drug-likeness (QED) is 0.807. The molecule has 0 unspecified atom stereocenters. The summed E-state index contributed by atoms with van der Waals surface area (Å²) in [7, 11) is 0. The molecule has 1 aromatic heterocycles. The van der Waals surface area contributed by atoms with Gasteiger partial charge in [-0.2, -0.15) is 0 Å². The van der Waals surface area contributed by atoms with Crippen LogP contribution >= 0.6 is 12.4 Å². The van der Waals surface area contributed by atoms with Crippen LogP contribution in [0.4, 0.5) is 10.1 Å². The van der Waals surface area contributed by atoms with Crippen molar-refractivity contribution in [3.05, 3.63) is 52.6 Å². The molecule has 0 amide bonds. The summed E-state index contributed by atoms with van der Waals surface area (Å²) in [6.07, 6.45) is 2.89. The Morgan fingerprint density at radius 1 is 1.36 bits per heavy atom. The zero-order chi connectivity index (χ0) is 17.3. The normalized spacial score (nSPS) is 14.2. The lowest BCUT2D eigenvalue weighted by Crippen LogP contribution is -2.43. The molecule has 134 valence electrons. The lowest BCUT2D eigenvalue weighted by Gasteiger charge is -2.30. The summed E-state index contributed by atoms with van der Waals surface area (Å²) in [5, 5.41) is 12.5. The maximum absolute atomic E-state index is 14.6. The van der Waals surface area contributed by atoms with Crippen molar-refractivity contribution in [1.82, 2.24) is 9.88 Å². The Hall–Kier alpha value is -2.38. The SMILES string of the molecule is C=CCn1cc(C(=O)O)c(=O)c2cc(F)c(N3CCNCC3)cc21.Cl. The highest BCUT2D eigenvalue weighted by atomic mass is 35.5. The highest BCUT2D eigenvalue weighted by molar-refractivity contribution is 5.93. The van der Waals surface area contributed by atoms with Crippen LogP contribution in [0.3, 0.4) is 0 Å². The lowest BCUT2D eigenvalue weighted by atomic mass is 10.1. The second kappa shape index (κ2) is 7.67. The monoisotopic (exact) mass is 367 g/mol. The molecule has 2 aromatic rings. The molecule has 1 saturated heterocycles. The van der Waals surface area contributed by atoms with Crippen molar-refractivity contribution in [3.8, 4) is 0 Å². The molecule has 2 N–H and O–H groups in total. The molecule has 0 aliphatic carbocycles. The number of rotatable bonds is 4. The van der Waals surface area contributed by atoms with Crippen molar-refractivity contribution in [2.45, 2.75) is 6.54 Å². The average Bonchev–Trinajstić information content (AvgIpc) is 2.57. The molecule has 1 aliphatic heterocycles. The number of pyridine rings is 1. The highest BCUT2D eigenvalue weighted by Crippen LogP contribution is 2.25. The number of allylic oxidation sites excluding steroid dienone is 1. The van der Waals surface area contributed by atoms with E-state index in [-0.39, 0.29) is 23.4 Å². The minimum Gasteiger partial charge on any atom is -0.477 e. The van der Waals surface area contributed by atoms with Gasteiger partial charge in [0.1, 0.15) is 11.4 Å². The predicted octanol–water partition coefficient (Wildman–Crippen LogP) is 1.86. The van der Waals surface area contributed by atoms with E-state index >= 15 is 0 Å². The molecule has 6 nitrogen and oxygen atoms in total. The van der Waals surface area contributed by atoms with E-state index in [1.54, 1.807) is 16.7 Å². The van der Waals surface area contributed by atoms with Crippen molar-refractivity contribution in [1.29, 1.82) is 0 Å². The smallest absolute Gasteiger partial charge is 0.341 e. The van der Waals surface area contributed by atoms with Gasteiger partial charge >= 0.3 is 5.97 Å². The van der Waals surface area contributed by atoms with Gasteiger partial charge in [-0.3, -0.25) is 4.79 Å². The fourth-order valence-corrected chi connectivity index (χ4v) is 2.99. The van der Waals surface area contributed by atoms with Crippen LogP contribution in [0.2, 0.25) is 0 Å². The van der Waals surface area contributed by atoms with Crippen LogP contribution in [0.1, 0.15) is 10.4 Å². The van der Waals surface area contributed by atoms with Crippen molar-refractivity contribution >= 4 is 35.0 Å². The van der Waals surface area contributed by atoms with Gasteiger partial charge in [-0.05, 0) is 12.1 Å². The van der Waals surface area contributed by atoms with Gasteiger partial charge in [0.25, 0.3) is 0 Å². The molecule has 3 rings (SSSR count). The number of halogens is 2. The summed E-state index contributed by atoms with van der Waals surface area (Å²) in [5.41, 5.74) is -0.133. The first kappa shape index (κ1) is 19.0. The van der Waals surface area contributed by atoms with Crippen molar-refractivity contribution in [3.63, 3.8) is 0 Å². The van der Waals surface area contributed by atoms with Crippen LogP contribution in [-0.4, -0.2) is 41.8 Å². The van der Waals surface area contributed by atoms with Crippen LogP contribution in [0.5, 0.6) is 0 Å². The van der Waals surface area contributed by atoms with Crippen LogP contribution in [0.15, 0.2) is 35.8 Å². The molecule has 8 heteroatoms. The second-order valence-corrected chi connectivity index (χ2v) is 5.68. The number of hydrogen-bond donors (Lipinski definition) is 2. The van der Waals surface area contributed by atoms with Gasteiger partial charge in [0.15, 0.2) is 0 Å². The number of hydrogen-bond acceptors (Lipinski definition) is 4. The minimum atomic E-state index is -1.33. The number of carboxylic acid groups (broad SMARTS) is 1. The Labute approximate surface area is 150 Å². The molecule has 1 aliphatic rings. The predicted molar refractivity (Wildman–Crippen MR) is 97.7 cm³/mol. The van der Waals surface area contributed by atoms with Gasteiger partial charge in [-0.25, -0.2) is 9.18 Å². The topological polar surface area (TPSA) is 74.6 Å². The van der Waals surface area contributed by atoms with Gasteiger partial charge in [-0.1, -0.05) is 6.08 Å². The summed E-state index contributed by atoms with van der Waals surface area (Å²) < 4.78 is 16.2. The van der Waals surface area contributed by atoms with E-state index in [1.807, 2.05) is 4.90 Å². The van der Waals surface area contributed by atoms with E-state index in [9.17, 15) is 19.1 Å². The average molecular weight is 368 g/mol. The summed E-state index contributed by atoms with van der Waals surface area (Å²) in [6, 6.07) is 2.76. The zero-order valence-electron chi connectivity index (χ0n) is 13.5. The molecule has 0 bridgehead atoms. The highest BCUT2D eigenvalue weighted by Gasteiger charge is 2.20. The lowest BCUT2D eigenvalue weighted by molar-refractivity contribution is 0.0695. The molecular weight excluding hydrogens is 349 g/mol. The number of fused-ring (bicyclic) bond motifs is 1. The summed E-state index contributed by atoms with van der Waals surface area (Å²) in [6.45, 7) is 6.83. The Morgan fingerprint density at radius 3 is 2.64 bits per heavy atom. The van der Waals surface area contributed by atoms with Gasteiger partial charge < -0.3 is 19.9 Å². The third kappa shape index (κ3) is 3.52. The number of aromatic nitrogens is 1. The summed E-state index contributed by atoms with van der Waals surface area (Å²) in [4.78, 5) is 25.5. The third-order valence-electron chi connectivity index (χ3n) is 4.16. The molecule has 2 heterocycles. The zero-order valence-corrected chi connectivity index (χ0v) is 14.3. The number of carboxylic acids is 1. The fraction of sp³-hybridized carbons (Fsp3) is 0.294. The van der Waals surface area contributed by atoms with E-state index < -0.39 is 17.2 Å². The number of piperazine rings is 1. The number of carbonyl (C=O) groups is 1. The van der Waals surface area contributed by atoms with Gasteiger partial charge in [-0.15, -0.1) is 19.0 Å². The molecule has 0 radical (unpaired) electrons. The van der Waals surface area contributed by atoms with E-state index in [2.05, 4.69) is 11.9 Å². The molecule has 1 fully saturated rings. The van der Waals surface area contributed by atoms with Crippen molar-refractivity contribution < 1.29 is 14.3 Å². The maximum Gasteiger partial charge on any atom is 0.341 e. The summed E-state index contributed by atoms with van der Waals surface area (Å²) >= 11 is 0. The Kier molecular flexibility index (Phi) is 5.81. The minimum absolute atomic E-state index is 0. The van der Waals surface area contributed by atoms with E-state index in [0.29, 0.717) is 30.8 Å². The molecule has 1 aromatic carbocycles. The van der Waals surface area contributed by atoms with E-state index in [1.165, 1.54) is 6.20 Å². The van der Waals surface area contributed by atoms with Crippen LogP contribution in [0.25, 0.3) is 10.9 Å². The second-order valence-electron chi connectivity index (χ2n) is 5.68. The van der Waals surface area contributed by atoms with Crippen LogP contribution in [-0.2, 0) is 6.54 Å². The number of nitrogens with zero attached hydrogens (tertiary/aromatic N) is 2. The standard InChI is InChI=1S/C17H18FN3O3.ClH/c1-2-5-21-10-12(17(23)24)16(22)11-8-13(18)15(9-14(11)21)20-6-3-19-4-7-20;/h2,8-10,19H,1,3-7H2,(H,23,24);1H. The Bertz CT molecular complexity index is 876. The molecule has 0 saturated carbocycles. The van der Waals surface area contributed by atoms with E-state index in [0.717, 1.165) is 19.2 Å². The van der Waals surface area contributed by atoms with Crippen molar-refractivity contribution in [2.24, 2.45) is 0 Å². The first-order valence-electron chi connectivity index (χ1n) is 7.69. The largest absolute Gasteiger partial charge is 0.477 e. The maximum atomic E-state index is 14.6. The number of benzene rings is 1. The molecule has 25 heavy (non-hydrogen) atoms. The number of nitrogens with one attached hydrogen (secondary N) is 1. The number of anilines is 1. The van der Waals surface area contributed by atoms with Gasteiger partial charge in [0.2, 0.25) is 5.43 Å². The molecule has 0 spiro atoms. The molecular formula is C17H19ClFN3O3. The van der Waals surface area contributed by atoms with Crippen molar-refractivity contribution in [2.75, 3.05) is 31.1 Å². The van der Waals surface area contributed by atoms with Crippen LogP contribution in [0, 0.1) is 5.82 Å². The van der Waals surface area contributed by atoms with E-state index in [4.69, 9.17) is 0 Å². The van der Waals surface area contributed by atoms with Crippen LogP contribution < -0.4 is 15.6 Å². The van der Waals surface area contributed by atoms with Gasteiger partial charge in [0, 0.05) is 44.3 Å². The number of aromatic carboxylic acids is 1. The first-order chi connectivity index (χ1) is 11.5. The molecule has 0 atom stereocenters. The Morgan fingerprint density at radius 2 is 2.04 bits per heavy atom. The summed E-state index contributed by atoms with van der Waals surface area (Å²) in [5.74, 6) is -1.85. The van der Waals surface area contributed by atoms with Gasteiger partial charge in [0.05, 0.1) is 11.2 Å². The third-order valence-corrected chi connectivity index (χ3v) is 4.16. The fourth-order valence-electron chi connectivity index (χ4n) is 2.99. The first-order valence-corrected chi connectivity index (χ1v) is 7.69.